The van der Waals surface area contributed by atoms with E-state index >= 15 is 0 Å². The van der Waals surface area contributed by atoms with Crippen LogP contribution in [0.4, 0.5) is 11.4 Å². The zero-order chi connectivity index (χ0) is 18.1. The lowest BCUT2D eigenvalue weighted by Gasteiger charge is -2.29. The van der Waals surface area contributed by atoms with Gasteiger partial charge >= 0.3 is 0 Å². The molecule has 0 saturated carbocycles. The van der Waals surface area contributed by atoms with Crippen molar-refractivity contribution in [3.8, 4) is 0 Å². The first-order valence-corrected chi connectivity index (χ1v) is 9.33. The number of para-hydroxylation sites is 2. The minimum absolute atomic E-state index is 0. The maximum absolute atomic E-state index is 12.7. The highest BCUT2D eigenvalue weighted by molar-refractivity contribution is 6.10. The third-order valence-corrected chi connectivity index (χ3v) is 5.50. The van der Waals surface area contributed by atoms with E-state index in [2.05, 4.69) is 10.6 Å². The average molecular weight is 393 g/mol. The molecule has 4 rings (SSSR count). The van der Waals surface area contributed by atoms with E-state index in [9.17, 15) is 14.4 Å². The molecule has 0 spiro atoms. The van der Waals surface area contributed by atoms with Gasteiger partial charge in [-0.2, -0.15) is 0 Å². The van der Waals surface area contributed by atoms with Crippen molar-refractivity contribution < 1.29 is 14.4 Å². The number of benzene rings is 1. The summed E-state index contributed by atoms with van der Waals surface area (Å²) in [7, 11) is 0. The molecule has 27 heavy (non-hydrogen) atoms. The Morgan fingerprint density at radius 2 is 1.78 bits per heavy atom. The summed E-state index contributed by atoms with van der Waals surface area (Å²) in [6, 6.07) is 8.16. The largest absolute Gasteiger partial charge is 0.341 e. The van der Waals surface area contributed by atoms with Gasteiger partial charge < -0.3 is 20.4 Å². The van der Waals surface area contributed by atoms with Crippen LogP contribution in [-0.2, 0) is 14.4 Å². The van der Waals surface area contributed by atoms with Gasteiger partial charge in [-0.25, -0.2) is 0 Å². The second-order valence-electron chi connectivity index (χ2n) is 7.31. The summed E-state index contributed by atoms with van der Waals surface area (Å²) in [4.78, 5) is 40.4. The van der Waals surface area contributed by atoms with E-state index in [1.807, 2.05) is 23.1 Å². The van der Waals surface area contributed by atoms with Crippen molar-refractivity contribution in [2.75, 3.05) is 29.9 Å². The maximum atomic E-state index is 12.7. The number of fused-ring (bicyclic) bond motifs is 3. The molecule has 2 saturated heterocycles. The number of nitrogens with zero attached hydrogens (tertiary/aromatic N) is 2. The van der Waals surface area contributed by atoms with Gasteiger partial charge in [0.05, 0.1) is 11.4 Å². The quantitative estimate of drug-likeness (QED) is 0.817. The van der Waals surface area contributed by atoms with E-state index in [0.29, 0.717) is 23.5 Å². The molecule has 2 atom stereocenters. The normalized spacial score (nSPS) is 23.8. The van der Waals surface area contributed by atoms with Gasteiger partial charge in [-0.05, 0) is 31.4 Å². The number of halogens is 1. The van der Waals surface area contributed by atoms with Crippen LogP contribution < -0.4 is 15.5 Å². The lowest BCUT2D eigenvalue weighted by molar-refractivity contribution is -0.133. The molecule has 2 N–H and O–H groups in total. The van der Waals surface area contributed by atoms with Gasteiger partial charge in [0.25, 0.3) is 0 Å². The molecule has 0 radical (unpaired) electrons. The van der Waals surface area contributed by atoms with Crippen molar-refractivity contribution in [2.24, 2.45) is 0 Å². The molecule has 3 aliphatic heterocycles. The number of carbonyl (C=O) groups is 3. The van der Waals surface area contributed by atoms with Crippen LogP contribution in [0.2, 0.25) is 0 Å². The van der Waals surface area contributed by atoms with E-state index in [-0.39, 0.29) is 49.5 Å². The van der Waals surface area contributed by atoms with Crippen molar-refractivity contribution in [2.45, 2.75) is 44.2 Å². The number of anilines is 2. The van der Waals surface area contributed by atoms with Crippen LogP contribution in [0.1, 0.15) is 32.1 Å². The van der Waals surface area contributed by atoms with Gasteiger partial charge in [-0.15, -0.1) is 12.4 Å². The summed E-state index contributed by atoms with van der Waals surface area (Å²) < 4.78 is 0. The van der Waals surface area contributed by atoms with Crippen LogP contribution in [0.3, 0.4) is 0 Å². The highest BCUT2D eigenvalue weighted by Crippen LogP contribution is 2.29. The first-order chi connectivity index (χ1) is 12.6. The first-order valence-electron chi connectivity index (χ1n) is 9.33. The molecule has 2 unspecified atom stereocenters. The highest BCUT2D eigenvalue weighted by Gasteiger charge is 2.32. The fraction of sp³-hybridized carbons (Fsp3) is 0.526. The van der Waals surface area contributed by atoms with Crippen LogP contribution in [0.5, 0.6) is 0 Å². The molecular weight excluding hydrogens is 368 g/mol. The minimum Gasteiger partial charge on any atom is -0.341 e. The molecule has 8 heteroatoms. The topological polar surface area (TPSA) is 81.8 Å². The van der Waals surface area contributed by atoms with Crippen LogP contribution in [0.25, 0.3) is 0 Å². The molecule has 0 aromatic heterocycles. The van der Waals surface area contributed by atoms with Gasteiger partial charge in [0.1, 0.15) is 6.54 Å². The van der Waals surface area contributed by atoms with Crippen LogP contribution in [0.15, 0.2) is 24.3 Å². The molecule has 2 fully saturated rings. The van der Waals surface area contributed by atoms with Crippen molar-refractivity contribution >= 4 is 41.5 Å². The Labute approximate surface area is 164 Å². The molecule has 146 valence electrons. The molecule has 3 heterocycles. The fourth-order valence-corrected chi connectivity index (χ4v) is 4.13. The van der Waals surface area contributed by atoms with Gasteiger partial charge in [-0.3, -0.25) is 14.4 Å². The highest BCUT2D eigenvalue weighted by atomic mass is 35.5. The Hall–Kier alpha value is -2.12. The van der Waals surface area contributed by atoms with E-state index in [1.54, 1.807) is 6.07 Å². The van der Waals surface area contributed by atoms with Gasteiger partial charge in [-0.1, -0.05) is 12.1 Å². The second kappa shape index (κ2) is 8.27. The number of hydrogen-bond donors (Lipinski definition) is 2. The predicted octanol–water partition coefficient (Wildman–Crippen LogP) is 1.53. The number of nitrogens with one attached hydrogen (secondary N) is 2. The fourth-order valence-electron chi connectivity index (χ4n) is 4.13. The van der Waals surface area contributed by atoms with Crippen molar-refractivity contribution in [3.63, 3.8) is 0 Å². The molecule has 3 amide bonds. The molecule has 1 aromatic carbocycles. The van der Waals surface area contributed by atoms with Crippen LogP contribution in [0, 0.1) is 0 Å². The lowest BCUT2D eigenvalue weighted by atomic mass is 10.1. The van der Waals surface area contributed by atoms with Crippen molar-refractivity contribution in [3.05, 3.63) is 24.3 Å². The molecule has 1 aromatic rings. The third-order valence-electron chi connectivity index (χ3n) is 5.50. The Morgan fingerprint density at radius 1 is 1.04 bits per heavy atom. The smallest absolute Gasteiger partial charge is 0.244 e. The number of hydrogen-bond acceptors (Lipinski definition) is 4. The standard InChI is InChI=1S/C19H24N4O3.ClH/c24-17-12-23(16-4-2-1-3-15(16)21-17)19(26)8-7-18(25)22-10-9-13-5-6-14(11-22)20-13;/h1-4,13-14,20H,5-12H2,(H,21,24);1H. The number of rotatable bonds is 3. The van der Waals surface area contributed by atoms with E-state index in [0.717, 1.165) is 25.9 Å². The van der Waals surface area contributed by atoms with Crippen LogP contribution >= 0.6 is 12.4 Å². The molecule has 7 nitrogen and oxygen atoms in total. The maximum Gasteiger partial charge on any atom is 0.244 e. The van der Waals surface area contributed by atoms with Crippen molar-refractivity contribution in [1.82, 2.24) is 10.2 Å². The van der Waals surface area contributed by atoms with Gasteiger partial charge in [0.2, 0.25) is 17.7 Å². The second-order valence-corrected chi connectivity index (χ2v) is 7.31. The summed E-state index contributed by atoms with van der Waals surface area (Å²) in [6.45, 7) is 1.50. The van der Waals surface area contributed by atoms with Gasteiger partial charge in [0, 0.05) is 38.0 Å². The first kappa shape index (κ1) is 19.6. The zero-order valence-electron chi connectivity index (χ0n) is 15.1. The van der Waals surface area contributed by atoms with E-state index in [1.165, 1.54) is 11.3 Å². The number of amides is 3. The molecular formula is C19H25ClN4O3. The summed E-state index contributed by atoms with van der Waals surface area (Å²) in [5.74, 6) is -0.365. The Balaban J connectivity index is 0.00000210. The number of carbonyl (C=O) groups excluding carboxylic acids is 3. The average Bonchev–Trinajstić information content (AvgIpc) is 2.97. The van der Waals surface area contributed by atoms with Crippen molar-refractivity contribution in [1.29, 1.82) is 0 Å². The lowest BCUT2D eigenvalue weighted by Crippen LogP contribution is -2.43. The predicted molar refractivity (Wildman–Crippen MR) is 105 cm³/mol. The summed E-state index contributed by atoms with van der Waals surface area (Å²) in [6.07, 6.45) is 3.61. The molecule has 3 aliphatic rings. The summed E-state index contributed by atoms with van der Waals surface area (Å²) in [5, 5.41) is 6.33. The number of likely N-dealkylation sites (tertiary alicyclic amines) is 1. The van der Waals surface area contributed by atoms with Crippen LogP contribution in [-0.4, -0.2) is 54.3 Å². The van der Waals surface area contributed by atoms with E-state index < -0.39 is 0 Å². The van der Waals surface area contributed by atoms with E-state index in [4.69, 9.17) is 0 Å². The Kier molecular flexibility index (Phi) is 6.01. The monoisotopic (exact) mass is 392 g/mol. The molecule has 0 aliphatic carbocycles. The zero-order valence-corrected chi connectivity index (χ0v) is 16.0. The Bertz CT molecular complexity index is 741. The Morgan fingerprint density at radius 3 is 2.63 bits per heavy atom. The SMILES string of the molecule is Cl.O=C1CN(C(=O)CCC(=O)N2CCC3CCC(C2)N3)c2ccccc2N1. The summed E-state index contributed by atoms with van der Waals surface area (Å²) in [5.41, 5.74) is 1.33. The summed E-state index contributed by atoms with van der Waals surface area (Å²) >= 11 is 0. The third kappa shape index (κ3) is 4.25. The van der Waals surface area contributed by atoms with Gasteiger partial charge in [0.15, 0.2) is 0 Å². The minimum atomic E-state index is -0.210. The molecule has 2 bridgehead atoms.